The molecule has 0 aromatic carbocycles. The van der Waals surface area contributed by atoms with Gasteiger partial charge in [-0.1, -0.05) is 6.92 Å². The summed E-state index contributed by atoms with van der Waals surface area (Å²) < 4.78 is 3.67. The van der Waals surface area contributed by atoms with E-state index in [-0.39, 0.29) is 0 Å². The number of hydrogen-bond acceptors (Lipinski definition) is 3. The van der Waals surface area contributed by atoms with E-state index in [4.69, 9.17) is 0 Å². The van der Waals surface area contributed by atoms with Crippen LogP contribution in [0.25, 0.3) is 0 Å². The average Bonchev–Trinajstić information content (AvgIpc) is 2.82. The van der Waals surface area contributed by atoms with Crippen LogP contribution in [-0.4, -0.2) is 19.6 Å². The summed E-state index contributed by atoms with van der Waals surface area (Å²) in [4.78, 5) is 0. The molecule has 0 aliphatic heterocycles. The molecule has 0 spiro atoms. The standard InChI is InChI=1S/C11H17N5/c1-4-9-7-11(16(3)14-9)12-8-10-5-6-15(2)13-10/h5-7,12H,4,8H2,1-3H3. The monoisotopic (exact) mass is 219 g/mol. The van der Waals surface area contributed by atoms with Crippen molar-refractivity contribution in [1.29, 1.82) is 0 Å². The highest BCUT2D eigenvalue weighted by Gasteiger charge is 2.03. The van der Waals surface area contributed by atoms with Gasteiger partial charge in [-0.15, -0.1) is 0 Å². The summed E-state index contributed by atoms with van der Waals surface area (Å²) in [7, 11) is 3.86. The lowest BCUT2D eigenvalue weighted by Gasteiger charge is -2.03. The molecular weight excluding hydrogens is 202 g/mol. The van der Waals surface area contributed by atoms with Crippen LogP contribution >= 0.6 is 0 Å². The maximum Gasteiger partial charge on any atom is 0.124 e. The predicted octanol–water partition coefficient (Wildman–Crippen LogP) is 1.33. The maximum atomic E-state index is 4.38. The fourth-order valence-electron chi connectivity index (χ4n) is 1.60. The molecule has 1 N–H and O–H groups in total. The minimum atomic E-state index is 0.726. The van der Waals surface area contributed by atoms with Gasteiger partial charge in [-0.3, -0.25) is 9.36 Å². The van der Waals surface area contributed by atoms with Gasteiger partial charge in [-0.2, -0.15) is 10.2 Å². The van der Waals surface area contributed by atoms with Gasteiger partial charge in [0.05, 0.1) is 17.9 Å². The molecule has 0 bridgehead atoms. The zero-order chi connectivity index (χ0) is 11.5. The van der Waals surface area contributed by atoms with E-state index in [1.165, 1.54) is 0 Å². The third-order valence-electron chi connectivity index (χ3n) is 2.51. The third-order valence-corrected chi connectivity index (χ3v) is 2.51. The lowest BCUT2D eigenvalue weighted by Crippen LogP contribution is -2.05. The van der Waals surface area contributed by atoms with Crippen LogP contribution in [0.2, 0.25) is 0 Å². The van der Waals surface area contributed by atoms with Crippen LogP contribution in [-0.2, 0) is 27.1 Å². The number of nitrogens with zero attached hydrogens (tertiary/aromatic N) is 4. The molecule has 0 radical (unpaired) electrons. The topological polar surface area (TPSA) is 47.7 Å². The fourth-order valence-corrected chi connectivity index (χ4v) is 1.60. The zero-order valence-corrected chi connectivity index (χ0v) is 9.94. The van der Waals surface area contributed by atoms with Gasteiger partial charge < -0.3 is 5.32 Å². The van der Waals surface area contributed by atoms with E-state index >= 15 is 0 Å². The predicted molar refractivity (Wildman–Crippen MR) is 63.1 cm³/mol. The largest absolute Gasteiger partial charge is 0.365 e. The second-order valence-electron chi connectivity index (χ2n) is 3.83. The van der Waals surface area contributed by atoms with Gasteiger partial charge in [0, 0.05) is 26.4 Å². The second kappa shape index (κ2) is 4.38. The molecule has 0 saturated heterocycles. The van der Waals surface area contributed by atoms with Crippen molar-refractivity contribution in [1.82, 2.24) is 19.6 Å². The van der Waals surface area contributed by atoms with Crippen molar-refractivity contribution in [2.75, 3.05) is 5.32 Å². The Kier molecular flexibility index (Phi) is 2.94. The van der Waals surface area contributed by atoms with E-state index in [2.05, 4.69) is 28.5 Å². The average molecular weight is 219 g/mol. The molecule has 2 aromatic rings. The van der Waals surface area contributed by atoms with Crippen molar-refractivity contribution in [2.45, 2.75) is 19.9 Å². The molecule has 5 heteroatoms. The summed E-state index contributed by atoms with van der Waals surface area (Å²) in [5.41, 5.74) is 2.13. The van der Waals surface area contributed by atoms with Crippen molar-refractivity contribution in [3.05, 3.63) is 29.7 Å². The SMILES string of the molecule is CCc1cc(NCc2ccn(C)n2)n(C)n1. The van der Waals surface area contributed by atoms with Crippen LogP contribution < -0.4 is 5.32 Å². The molecule has 2 aromatic heterocycles. The molecule has 2 rings (SSSR count). The van der Waals surface area contributed by atoms with Gasteiger partial charge in [0.2, 0.25) is 0 Å². The van der Waals surface area contributed by atoms with Crippen molar-refractivity contribution in [2.24, 2.45) is 14.1 Å². The fraction of sp³-hybridized carbons (Fsp3) is 0.455. The first-order valence-electron chi connectivity index (χ1n) is 5.44. The Labute approximate surface area is 95.1 Å². The van der Waals surface area contributed by atoms with Crippen LogP contribution in [0.4, 0.5) is 5.82 Å². The number of rotatable bonds is 4. The van der Waals surface area contributed by atoms with E-state index in [0.29, 0.717) is 0 Å². The highest BCUT2D eigenvalue weighted by Crippen LogP contribution is 2.10. The molecule has 0 amide bonds. The highest BCUT2D eigenvalue weighted by molar-refractivity contribution is 5.37. The molecule has 0 atom stereocenters. The summed E-state index contributed by atoms with van der Waals surface area (Å²) in [6.07, 6.45) is 2.90. The first-order valence-corrected chi connectivity index (χ1v) is 5.44. The molecule has 5 nitrogen and oxygen atoms in total. The Hall–Kier alpha value is -1.78. The van der Waals surface area contributed by atoms with E-state index < -0.39 is 0 Å². The highest BCUT2D eigenvalue weighted by atomic mass is 15.3. The maximum absolute atomic E-state index is 4.38. The zero-order valence-electron chi connectivity index (χ0n) is 9.94. The van der Waals surface area contributed by atoms with Gasteiger partial charge in [0.25, 0.3) is 0 Å². The van der Waals surface area contributed by atoms with Crippen molar-refractivity contribution in [3.8, 4) is 0 Å². The van der Waals surface area contributed by atoms with E-state index in [9.17, 15) is 0 Å². The van der Waals surface area contributed by atoms with Crippen LogP contribution in [0.5, 0.6) is 0 Å². The molecule has 0 saturated carbocycles. The summed E-state index contributed by atoms with van der Waals surface area (Å²) in [5, 5.41) is 12.0. The number of anilines is 1. The lowest BCUT2D eigenvalue weighted by atomic mass is 10.3. The van der Waals surface area contributed by atoms with Gasteiger partial charge in [-0.25, -0.2) is 0 Å². The van der Waals surface area contributed by atoms with Gasteiger partial charge >= 0.3 is 0 Å². The molecule has 0 aliphatic rings. The third kappa shape index (κ3) is 2.24. The van der Waals surface area contributed by atoms with Gasteiger partial charge in [-0.05, 0) is 12.5 Å². The second-order valence-corrected chi connectivity index (χ2v) is 3.83. The van der Waals surface area contributed by atoms with Gasteiger partial charge in [0.15, 0.2) is 0 Å². The Morgan fingerprint density at radius 2 is 2.06 bits per heavy atom. The number of aromatic nitrogens is 4. The Balaban J connectivity index is 2.01. The Morgan fingerprint density at radius 3 is 2.62 bits per heavy atom. The first-order chi connectivity index (χ1) is 7.69. The molecule has 86 valence electrons. The summed E-state index contributed by atoms with van der Waals surface area (Å²) in [5.74, 6) is 1.03. The molecule has 0 fully saturated rings. The van der Waals surface area contributed by atoms with E-state index in [0.717, 1.165) is 30.2 Å². The minimum Gasteiger partial charge on any atom is -0.365 e. The van der Waals surface area contributed by atoms with Crippen molar-refractivity contribution < 1.29 is 0 Å². The number of hydrogen-bond donors (Lipinski definition) is 1. The van der Waals surface area contributed by atoms with Crippen molar-refractivity contribution >= 4 is 5.82 Å². The lowest BCUT2D eigenvalue weighted by molar-refractivity contribution is 0.734. The quantitative estimate of drug-likeness (QED) is 0.844. The smallest absolute Gasteiger partial charge is 0.124 e. The van der Waals surface area contributed by atoms with E-state index in [1.54, 1.807) is 4.68 Å². The Morgan fingerprint density at radius 1 is 1.25 bits per heavy atom. The molecule has 16 heavy (non-hydrogen) atoms. The van der Waals surface area contributed by atoms with Crippen LogP contribution in [0.3, 0.4) is 0 Å². The van der Waals surface area contributed by atoms with Gasteiger partial charge in [0.1, 0.15) is 5.82 Å². The summed E-state index contributed by atoms with van der Waals surface area (Å²) in [6.45, 7) is 2.83. The number of nitrogens with one attached hydrogen (secondary N) is 1. The Bertz CT molecular complexity index is 468. The molecule has 0 unspecified atom stereocenters. The number of aryl methyl sites for hydroxylation is 3. The minimum absolute atomic E-state index is 0.726. The van der Waals surface area contributed by atoms with Crippen LogP contribution in [0.1, 0.15) is 18.3 Å². The van der Waals surface area contributed by atoms with Crippen LogP contribution in [0, 0.1) is 0 Å². The summed E-state index contributed by atoms with van der Waals surface area (Å²) in [6, 6.07) is 4.08. The molecular formula is C11H17N5. The normalized spacial score (nSPS) is 10.7. The molecule has 0 aliphatic carbocycles. The molecule has 2 heterocycles. The van der Waals surface area contributed by atoms with E-state index in [1.807, 2.05) is 31.0 Å². The van der Waals surface area contributed by atoms with Crippen LogP contribution in [0.15, 0.2) is 18.3 Å². The summed E-state index contributed by atoms with van der Waals surface area (Å²) >= 11 is 0. The van der Waals surface area contributed by atoms with Crippen molar-refractivity contribution in [3.63, 3.8) is 0 Å². The first kappa shape index (κ1) is 10.7.